The van der Waals surface area contributed by atoms with Gasteiger partial charge in [0.1, 0.15) is 5.60 Å². The van der Waals surface area contributed by atoms with Crippen molar-refractivity contribution in [2.24, 2.45) is 5.92 Å². The minimum Gasteiger partial charge on any atom is -0.444 e. The standard InChI is InChI=1S/C20H32N4O2/c1-15(2)11-20(6,14-21-18(25)26-19(3,4)5)22-12-16-13-23-24-10-8-7-9-17(16)24/h7-10,13,15,22H,11-12,14H2,1-6H3,(H,21,25). The Bertz CT molecular complexity index is 733. The number of nitrogens with zero attached hydrogens (tertiary/aromatic N) is 2. The highest BCUT2D eigenvalue weighted by atomic mass is 16.6. The second kappa shape index (κ2) is 8.08. The molecule has 0 aromatic carbocycles. The Balaban J connectivity index is 2.02. The minimum atomic E-state index is -0.497. The van der Waals surface area contributed by atoms with Gasteiger partial charge in [0.2, 0.25) is 0 Å². The number of ether oxygens (including phenoxy) is 1. The van der Waals surface area contributed by atoms with Crippen LogP contribution >= 0.6 is 0 Å². The van der Waals surface area contributed by atoms with Crippen LogP contribution in [0.2, 0.25) is 0 Å². The summed E-state index contributed by atoms with van der Waals surface area (Å²) in [6.07, 6.45) is 4.38. The third-order valence-electron chi connectivity index (χ3n) is 4.09. The third-order valence-corrected chi connectivity index (χ3v) is 4.09. The van der Waals surface area contributed by atoms with Gasteiger partial charge in [-0.15, -0.1) is 0 Å². The monoisotopic (exact) mass is 360 g/mol. The van der Waals surface area contributed by atoms with Crippen LogP contribution in [0.4, 0.5) is 4.79 Å². The van der Waals surface area contributed by atoms with Crippen LogP contribution in [0, 0.1) is 5.92 Å². The summed E-state index contributed by atoms with van der Waals surface area (Å²) >= 11 is 0. The van der Waals surface area contributed by atoms with Crippen LogP contribution in [0.1, 0.15) is 53.5 Å². The van der Waals surface area contributed by atoms with E-state index in [-0.39, 0.29) is 11.6 Å². The van der Waals surface area contributed by atoms with Gasteiger partial charge < -0.3 is 15.4 Å². The number of fused-ring (bicyclic) bond motifs is 1. The number of pyridine rings is 1. The maximum absolute atomic E-state index is 12.0. The maximum atomic E-state index is 12.0. The van der Waals surface area contributed by atoms with Crippen molar-refractivity contribution in [1.29, 1.82) is 0 Å². The fourth-order valence-corrected chi connectivity index (χ4v) is 3.12. The summed E-state index contributed by atoms with van der Waals surface area (Å²) in [7, 11) is 0. The summed E-state index contributed by atoms with van der Waals surface area (Å²) < 4.78 is 7.23. The smallest absolute Gasteiger partial charge is 0.407 e. The molecule has 0 aliphatic heterocycles. The fraction of sp³-hybridized carbons (Fsp3) is 0.600. The molecule has 26 heavy (non-hydrogen) atoms. The van der Waals surface area contributed by atoms with Crippen LogP contribution in [-0.2, 0) is 11.3 Å². The quantitative estimate of drug-likeness (QED) is 0.789. The molecule has 6 nitrogen and oxygen atoms in total. The van der Waals surface area contributed by atoms with Crippen LogP contribution in [-0.4, -0.2) is 33.4 Å². The predicted octanol–water partition coefficient (Wildman–Crippen LogP) is 3.75. The first-order chi connectivity index (χ1) is 12.1. The molecule has 2 aromatic rings. The highest BCUT2D eigenvalue weighted by Gasteiger charge is 2.27. The van der Waals surface area contributed by atoms with Gasteiger partial charge in [-0.3, -0.25) is 0 Å². The van der Waals surface area contributed by atoms with Gasteiger partial charge in [0.05, 0.1) is 11.7 Å². The number of amides is 1. The number of nitrogens with one attached hydrogen (secondary N) is 2. The van der Waals surface area contributed by atoms with Crippen molar-refractivity contribution in [2.75, 3.05) is 6.54 Å². The topological polar surface area (TPSA) is 67.7 Å². The van der Waals surface area contributed by atoms with E-state index in [9.17, 15) is 4.79 Å². The SMILES string of the molecule is CC(C)CC(C)(CNC(=O)OC(C)(C)C)NCc1cnn2ccccc12. The molecule has 0 aliphatic carbocycles. The first kappa shape index (κ1) is 20.2. The van der Waals surface area contributed by atoms with Gasteiger partial charge in [-0.05, 0) is 52.2 Å². The van der Waals surface area contributed by atoms with Crippen molar-refractivity contribution >= 4 is 11.6 Å². The Labute approximate surface area is 156 Å². The summed E-state index contributed by atoms with van der Waals surface area (Å²) in [4.78, 5) is 12.0. The molecule has 1 atom stereocenters. The number of rotatable bonds is 7. The van der Waals surface area contributed by atoms with Gasteiger partial charge in [0.15, 0.2) is 0 Å². The normalized spacial score (nSPS) is 14.4. The first-order valence-electron chi connectivity index (χ1n) is 9.21. The number of carbonyl (C=O) groups is 1. The molecule has 2 N–H and O–H groups in total. The molecule has 1 amide bonds. The van der Waals surface area contributed by atoms with Gasteiger partial charge in [-0.2, -0.15) is 5.10 Å². The van der Waals surface area contributed by atoms with Gasteiger partial charge >= 0.3 is 6.09 Å². The van der Waals surface area contributed by atoms with Gasteiger partial charge in [-0.1, -0.05) is 19.9 Å². The lowest BCUT2D eigenvalue weighted by Gasteiger charge is -2.33. The molecule has 1 unspecified atom stereocenters. The Hall–Kier alpha value is -2.08. The largest absolute Gasteiger partial charge is 0.444 e. The fourth-order valence-electron chi connectivity index (χ4n) is 3.12. The summed E-state index contributed by atoms with van der Waals surface area (Å²) in [5.41, 5.74) is 1.49. The average molecular weight is 361 g/mol. The number of aromatic nitrogens is 2. The number of hydrogen-bond acceptors (Lipinski definition) is 4. The molecule has 0 saturated carbocycles. The third kappa shape index (κ3) is 6.02. The zero-order valence-corrected chi connectivity index (χ0v) is 16.8. The Kier molecular flexibility index (Phi) is 6.29. The second-order valence-electron chi connectivity index (χ2n) is 8.57. The van der Waals surface area contributed by atoms with E-state index in [2.05, 4.69) is 42.6 Å². The van der Waals surface area contributed by atoms with Crippen molar-refractivity contribution in [1.82, 2.24) is 20.2 Å². The number of carbonyl (C=O) groups excluding carboxylic acids is 1. The van der Waals surface area contributed by atoms with Crippen molar-refractivity contribution < 1.29 is 9.53 Å². The maximum Gasteiger partial charge on any atom is 0.407 e. The lowest BCUT2D eigenvalue weighted by molar-refractivity contribution is 0.0507. The predicted molar refractivity (Wildman–Crippen MR) is 104 cm³/mol. The zero-order chi connectivity index (χ0) is 19.4. The number of alkyl carbamates (subject to hydrolysis) is 1. The molecule has 144 valence electrons. The highest BCUT2D eigenvalue weighted by Crippen LogP contribution is 2.18. The molecule has 2 heterocycles. The van der Waals surface area contributed by atoms with E-state index in [1.165, 1.54) is 0 Å². The molecule has 0 bridgehead atoms. The van der Waals surface area contributed by atoms with Crippen molar-refractivity contribution in [3.8, 4) is 0 Å². The molecule has 0 fully saturated rings. The lowest BCUT2D eigenvalue weighted by atomic mass is 9.90. The van der Waals surface area contributed by atoms with E-state index in [1.807, 2.05) is 49.8 Å². The first-order valence-corrected chi connectivity index (χ1v) is 9.21. The van der Waals surface area contributed by atoms with E-state index in [1.54, 1.807) is 0 Å². The van der Waals surface area contributed by atoms with Crippen LogP contribution in [0.3, 0.4) is 0 Å². The molecule has 2 aromatic heterocycles. The summed E-state index contributed by atoms with van der Waals surface area (Å²) in [5, 5.41) is 10.9. The van der Waals surface area contributed by atoms with Crippen molar-refractivity contribution in [2.45, 2.75) is 65.6 Å². The van der Waals surface area contributed by atoms with Crippen molar-refractivity contribution in [3.05, 3.63) is 36.2 Å². The molecule has 6 heteroatoms. The van der Waals surface area contributed by atoms with Crippen LogP contribution in [0.15, 0.2) is 30.6 Å². The van der Waals surface area contributed by atoms with Crippen molar-refractivity contribution in [3.63, 3.8) is 0 Å². The molecular weight excluding hydrogens is 328 g/mol. The zero-order valence-electron chi connectivity index (χ0n) is 16.8. The molecule has 0 spiro atoms. The lowest BCUT2D eigenvalue weighted by Crippen LogP contribution is -2.52. The summed E-state index contributed by atoms with van der Waals surface area (Å²) in [5.74, 6) is 0.497. The minimum absolute atomic E-state index is 0.242. The highest BCUT2D eigenvalue weighted by molar-refractivity contribution is 5.67. The van der Waals surface area contributed by atoms with E-state index < -0.39 is 5.60 Å². The van der Waals surface area contributed by atoms with Gasteiger partial charge in [-0.25, -0.2) is 9.31 Å². The van der Waals surface area contributed by atoms with Gasteiger partial charge in [0, 0.05) is 30.4 Å². The Morgan fingerprint density at radius 1 is 1.27 bits per heavy atom. The van der Waals surface area contributed by atoms with Crippen LogP contribution < -0.4 is 10.6 Å². The summed E-state index contributed by atoms with van der Waals surface area (Å²) in [6.45, 7) is 13.3. The van der Waals surface area contributed by atoms with E-state index in [4.69, 9.17) is 4.74 Å². The summed E-state index contributed by atoms with van der Waals surface area (Å²) in [6, 6.07) is 6.03. The van der Waals surface area contributed by atoms with Crippen LogP contribution in [0.25, 0.3) is 5.52 Å². The molecule has 2 rings (SSSR count). The van der Waals surface area contributed by atoms with E-state index in [0.717, 1.165) is 17.5 Å². The molecule has 0 aliphatic rings. The van der Waals surface area contributed by atoms with E-state index in [0.29, 0.717) is 19.0 Å². The van der Waals surface area contributed by atoms with Gasteiger partial charge in [0.25, 0.3) is 0 Å². The van der Waals surface area contributed by atoms with Crippen LogP contribution in [0.5, 0.6) is 0 Å². The number of hydrogen-bond donors (Lipinski definition) is 2. The second-order valence-corrected chi connectivity index (χ2v) is 8.57. The van der Waals surface area contributed by atoms with E-state index >= 15 is 0 Å². The molecular formula is C20H32N4O2. The Morgan fingerprint density at radius 3 is 2.65 bits per heavy atom. The average Bonchev–Trinajstić information content (AvgIpc) is 2.92. The Morgan fingerprint density at radius 2 is 2.00 bits per heavy atom. The molecule has 0 radical (unpaired) electrons. The molecule has 0 saturated heterocycles.